The van der Waals surface area contributed by atoms with E-state index in [9.17, 15) is 5.11 Å². The number of hydrogen-bond donors (Lipinski definition) is 2. The Labute approximate surface area is 127 Å². The Kier molecular flexibility index (Phi) is 7.31. The quantitative estimate of drug-likeness (QED) is 0.782. The van der Waals surface area contributed by atoms with E-state index in [0.717, 1.165) is 6.42 Å². The van der Waals surface area contributed by atoms with Crippen molar-refractivity contribution >= 4 is 0 Å². The molecular formula is C17H21ClNO-. The molecule has 0 aliphatic heterocycles. The van der Waals surface area contributed by atoms with Gasteiger partial charge in [0.1, 0.15) is 0 Å². The zero-order chi connectivity index (χ0) is 13.5. The van der Waals surface area contributed by atoms with Crippen molar-refractivity contribution in [3.05, 3.63) is 71.8 Å². The lowest BCUT2D eigenvalue weighted by atomic mass is 9.99. The van der Waals surface area contributed by atoms with Crippen LogP contribution in [0.2, 0.25) is 0 Å². The first kappa shape index (κ1) is 16.7. The minimum atomic E-state index is -0.331. The van der Waals surface area contributed by atoms with Gasteiger partial charge in [-0.05, 0) is 24.5 Å². The highest BCUT2D eigenvalue weighted by Crippen LogP contribution is 2.18. The van der Waals surface area contributed by atoms with E-state index in [1.807, 2.05) is 12.1 Å². The predicted molar refractivity (Wildman–Crippen MR) is 79.0 cm³/mol. The van der Waals surface area contributed by atoms with Crippen LogP contribution >= 0.6 is 0 Å². The zero-order valence-electron chi connectivity index (χ0n) is 11.7. The molecule has 0 fully saturated rings. The molecule has 0 aliphatic carbocycles. The molecule has 2 aromatic rings. The molecule has 0 amide bonds. The predicted octanol–water partition coefficient (Wildman–Crippen LogP) is -0.0552. The van der Waals surface area contributed by atoms with E-state index in [1.165, 1.54) is 11.1 Å². The van der Waals surface area contributed by atoms with E-state index < -0.39 is 0 Å². The van der Waals surface area contributed by atoms with Crippen LogP contribution in [0.5, 0.6) is 0 Å². The monoisotopic (exact) mass is 290 g/mol. The average Bonchev–Trinajstić information content (AvgIpc) is 2.45. The van der Waals surface area contributed by atoms with Crippen LogP contribution in [0.15, 0.2) is 60.7 Å². The molecule has 2 rings (SSSR count). The molecular weight excluding hydrogens is 270 g/mol. The molecule has 0 aliphatic rings. The topological polar surface area (TPSA) is 32.3 Å². The number of nitrogens with one attached hydrogen (secondary N) is 1. The molecule has 0 heterocycles. The normalized spacial score (nSPS) is 13.3. The fourth-order valence-corrected chi connectivity index (χ4v) is 2.16. The van der Waals surface area contributed by atoms with Crippen molar-refractivity contribution in [1.29, 1.82) is 0 Å². The van der Waals surface area contributed by atoms with E-state index in [0.29, 0.717) is 6.54 Å². The summed E-state index contributed by atoms with van der Waals surface area (Å²) >= 11 is 0. The second-order valence-electron chi connectivity index (χ2n) is 4.91. The van der Waals surface area contributed by atoms with Crippen molar-refractivity contribution in [2.45, 2.75) is 25.5 Å². The summed E-state index contributed by atoms with van der Waals surface area (Å²) in [4.78, 5) is 0. The minimum Gasteiger partial charge on any atom is -1.00 e. The standard InChI is InChI=1S/C17H21NO.ClH/c1-14(19)13-18-17(16-10-6-3-7-11-16)12-15-8-4-2-5-9-15;/h2-11,14,17-19H,12-13H2,1H3;1H/p-1. The molecule has 0 saturated carbocycles. The maximum absolute atomic E-state index is 9.45. The minimum absolute atomic E-state index is 0. The van der Waals surface area contributed by atoms with Gasteiger partial charge in [-0.3, -0.25) is 0 Å². The first-order chi connectivity index (χ1) is 9.25. The second kappa shape index (κ2) is 8.75. The van der Waals surface area contributed by atoms with Gasteiger partial charge in [-0.1, -0.05) is 60.7 Å². The highest BCUT2D eigenvalue weighted by molar-refractivity contribution is 5.23. The summed E-state index contributed by atoms with van der Waals surface area (Å²) < 4.78 is 0. The van der Waals surface area contributed by atoms with Gasteiger partial charge in [0.25, 0.3) is 0 Å². The summed E-state index contributed by atoms with van der Waals surface area (Å²) in [5, 5.41) is 12.9. The second-order valence-corrected chi connectivity index (χ2v) is 4.91. The van der Waals surface area contributed by atoms with E-state index in [4.69, 9.17) is 0 Å². The third-order valence-electron chi connectivity index (χ3n) is 3.14. The van der Waals surface area contributed by atoms with E-state index in [-0.39, 0.29) is 24.6 Å². The molecule has 2 atom stereocenters. The summed E-state index contributed by atoms with van der Waals surface area (Å²) in [5.74, 6) is 0. The Morgan fingerprint density at radius 1 is 0.950 bits per heavy atom. The van der Waals surface area contributed by atoms with Crippen molar-refractivity contribution in [3.63, 3.8) is 0 Å². The van der Waals surface area contributed by atoms with Gasteiger partial charge in [0.2, 0.25) is 0 Å². The molecule has 2 N–H and O–H groups in total. The SMILES string of the molecule is CC(O)CNC(Cc1ccccc1)c1ccccc1.[Cl-]. The number of aliphatic hydroxyl groups is 1. The van der Waals surface area contributed by atoms with Gasteiger partial charge in [0.15, 0.2) is 0 Å². The fraction of sp³-hybridized carbons (Fsp3) is 0.294. The Bertz CT molecular complexity index is 473. The van der Waals surface area contributed by atoms with Crippen molar-refractivity contribution in [2.24, 2.45) is 0 Å². The van der Waals surface area contributed by atoms with Crippen LogP contribution in [0.3, 0.4) is 0 Å². The number of aliphatic hydroxyl groups excluding tert-OH is 1. The van der Waals surface area contributed by atoms with Crippen LogP contribution in [0.25, 0.3) is 0 Å². The van der Waals surface area contributed by atoms with Crippen molar-refractivity contribution < 1.29 is 17.5 Å². The van der Waals surface area contributed by atoms with Gasteiger partial charge in [0, 0.05) is 12.6 Å². The lowest BCUT2D eigenvalue weighted by Crippen LogP contribution is -3.00. The van der Waals surface area contributed by atoms with Crippen LogP contribution in [0.1, 0.15) is 24.1 Å². The Morgan fingerprint density at radius 3 is 2.05 bits per heavy atom. The molecule has 0 spiro atoms. The smallest absolute Gasteiger partial charge is 0.0636 e. The molecule has 0 aromatic heterocycles. The lowest BCUT2D eigenvalue weighted by Gasteiger charge is -2.20. The summed E-state index contributed by atoms with van der Waals surface area (Å²) in [6.45, 7) is 2.41. The van der Waals surface area contributed by atoms with Gasteiger partial charge < -0.3 is 22.8 Å². The van der Waals surface area contributed by atoms with Crippen LogP contribution in [0.4, 0.5) is 0 Å². The van der Waals surface area contributed by atoms with Gasteiger partial charge in [-0.2, -0.15) is 0 Å². The lowest BCUT2D eigenvalue weighted by molar-refractivity contribution is -0.00000602. The summed E-state index contributed by atoms with van der Waals surface area (Å²) in [5.41, 5.74) is 2.56. The Morgan fingerprint density at radius 2 is 1.50 bits per heavy atom. The number of halogens is 1. The third-order valence-corrected chi connectivity index (χ3v) is 3.14. The van der Waals surface area contributed by atoms with Crippen LogP contribution in [-0.4, -0.2) is 17.8 Å². The van der Waals surface area contributed by atoms with Crippen molar-refractivity contribution in [1.82, 2.24) is 5.32 Å². The molecule has 0 radical (unpaired) electrons. The van der Waals surface area contributed by atoms with Crippen molar-refractivity contribution in [2.75, 3.05) is 6.54 Å². The van der Waals surface area contributed by atoms with E-state index >= 15 is 0 Å². The molecule has 2 nitrogen and oxygen atoms in total. The maximum Gasteiger partial charge on any atom is 0.0636 e. The number of benzene rings is 2. The van der Waals surface area contributed by atoms with Crippen LogP contribution in [-0.2, 0) is 6.42 Å². The van der Waals surface area contributed by atoms with E-state index in [2.05, 4.69) is 53.8 Å². The number of rotatable bonds is 6. The van der Waals surface area contributed by atoms with E-state index in [1.54, 1.807) is 6.92 Å². The zero-order valence-corrected chi connectivity index (χ0v) is 12.4. The first-order valence-electron chi connectivity index (χ1n) is 6.76. The number of hydrogen-bond acceptors (Lipinski definition) is 2. The van der Waals surface area contributed by atoms with Gasteiger partial charge in [-0.25, -0.2) is 0 Å². The van der Waals surface area contributed by atoms with Gasteiger partial charge >= 0.3 is 0 Å². The molecule has 0 bridgehead atoms. The largest absolute Gasteiger partial charge is 1.00 e. The Balaban J connectivity index is 0.00000200. The molecule has 3 heteroatoms. The molecule has 108 valence electrons. The van der Waals surface area contributed by atoms with Crippen molar-refractivity contribution in [3.8, 4) is 0 Å². The van der Waals surface area contributed by atoms with Crippen LogP contribution in [0, 0.1) is 0 Å². The first-order valence-corrected chi connectivity index (χ1v) is 6.76. The summed E-state index contributed by atoms with van der Waals surface area (Å²) in [6.07, 6.45) is 0.597. The van der Waals surface area contributed by atoms with Crippen LogP contribution < -0.4 is 17.7 Å². The third kappa shape index (κ3) is 5.33. The average molecular weight is 291 g/mol. The Hall–Kier alpha value is -1.35. The highest BCUT2D eigenvalue weighted by atomic mass is 35.5. The summed E-state index contributed by atoms with van der Waals surface area (Å²) in [7, 11) is 0. The molecule has 2 aromatic carbocycles. The summed E-state index contributed by atoms with van der Waals surface area (Å²) in [6, 6.07) is 21.1. The maximum atomic E-state index is 9.45. The molecule has 2 unspecified atom stereocenters. The molecule has 0 saturated heterocycles. The van der Waals surface area contributed by atoms with Gasteiger partial charge in [-0.15, -0.1) is 0 Å². The fourth-order valence-electron chi connectivity index (χ4n) is 2.16. The van der Waals surface area contributed by atoms with Gasteiger partial charge in [0.05, 0.1) is 6.10 Å². The molecule has 20 heavy (non-hydrogen) atoms. The highest BCUT2D eigenvalue weighted by Gasteiger charge is 2.12.